The minimum Gasteiger partial charge on any atom is -0.294 e. The standard InChI is InChI=1S/C21H15ClFN3O3S/c22-18-7-4-16(23)11-20(18)30(28,29)17-5-1-14(2-6-17)3-8-19(27)15-12-25-21-24-9-10-26(21)13-15/h1-2,4-7,9-13H,3,8H2. The van der Waals surface area contributed by atoms with E-state index in [1.807, 2.05) is 0 Å². The number of carbonyl (C=O) groups is 1. The first-order valence-corrected chi connectivity index (χ1v) is 10.8. The van der Waals surface area contributed by atoms with Crippen LogP contribution in [0.1, 0.15) is 22.3 Å². The number of halogens is 2. The second-order valence-electron chi connectivity index (χ2n) is 6.62. The molecule has 30 heavy (non-hydrogen) atoms. The molecule has 0 N–H and O–H groups in total. The summed E-state index contributed by atoms with van der Waals surface area (Å²) < 4.78 is 40.6. The Hall–Kier alpha value is -3.10. The molecule has 0 saturated carbocycles. The number of carbonyl (C=O) groups excluding carboxylic acids is 1. The highest BCUT2D eigenvalue weighted by Crippen LogP contribution is 2.28. The Morgan fingerprint density at radius 2 is 1.87 bits per heavy atom. The molecule has 0 atom stereocenters. The Bertz CT molecular complexity index is 1350. The summed E-state index contributed by atoms with van der Waals surface area (Å²) in [7, 11) is -3.95. The normalized spacial score (nSPS) is 11.7. The van der Waals surface area contributed by atoms with Crippen molar-refractivity contribution in [2.75, 3.05) is 0 Å². The van der Waals surface area contributed by atoms with Gasteiger partial charge in [-0.1, -0.05) is 23.7 Å². The van der Waals surface area contributed by atoms with Crippen molar-refractivity contribution in [2.24, 2.45) is 0 Å². The van der Waals surface area contributed by atoms with Crippen molar-refractivity contribution in [3.05, 3.63) is 89.2 Å². The Balaban J connectivity index is 1.48. The number of aromatic nitrogens is 3. The summed E-state index contributed by atoms with van der Waals surface area (Å²) in [5.74, 6) is -0.250. The van der Waals surface area contributed by atoms with Crippen molar-refractivity contribution in [1.29, 1.82) is 0 Å². The first-order valence-electron chi connectivity index (χ1n) is 8.95. The van der Waals surface area contributed by atoms with E-state index in [4.69, 9.17) is 11.6 Å². The van der Waals surface area contributed by atoms with Crippen LogP contribution in [0.4, 0.5) is 4.39 Å². The highest BCUT2D eigenvalue weighted by molar-refractivity contribution is 7.91. The van der Waals surface area contributed by atoms with Crippen molar-refractivity contribution in [2.45, 2.75) is 22.6 Å². The molecule has 0 saturated heterocycles. The molecule has 0 radical (unpaired) electrons. The zero-order valence-corrected chi connectivity index (χ0v) is 17.1. The SMILES string of the molecule is O=C(CCc1ccc(S(=O)(=O)c2cc(F)ccc2Cl)cc1)c1cnc2nccn2c1. The quantitative estimate of drug-likeness (QED) is 0.418. The molecular weight excluding hydrogens is 429 g/mol. The van der Waals surface area contributed by atoms with Crippen LogP contribution in [0.3, 0.4) is 0 Å². The number of aryl methyl sites for hydroxylation is 1. The molecular formula is C21H15ClFN3O3S. The molecule has 0 aliphatic carbocycles. The summed E-state index contributed by atoms with van der Waals surface area (Å²) in [6, 6.07) is 9.32. The number of hydrogen-bond acceptors (Lipinski definition) is 5. The van der Waals surface area contributed by atoms with Crippen molar-refractivity contribution in [3.63, 3.8) is 0 Å². The van der Waals surface area contributed by atoms with Crippen molar-refractivity contribution >= 4 is 33.0 Å². The molecule has 0 fully saturated rings. The molecule has 2 aromatic carbocycles. The maximum atomic E-state index is 13.5. The molecule has 0 aliphatic heterocycles. The molecule has 0 amide bonds. The minimum absolute atomic E-state index is 0.000152. The maximum Gasteiger partial charge on any atom is 0.233 e. The van der Waals surface area contributed by atoms with Gasteiger partial charge < -0.3 is 0 Å². The molecule has 0 spiro atoms. The van der Waals surface area contributed by atoms with Crippen molar-refractivity contribution in [1.82, 2.24) is 14.4 Å². The number of imidazole rings is 1. The van der Waals surface area contributed by atoms with Gasteiger partial charge in [-0.3, -0.25) is 9.20 Å². The van der Waals surface area contributed by atoms with E-state index in [9.17, 15) is 17.6 Å². The molecule has 2 heterocycles. The fourth-order valence-corrected chi connectivity index (χ4v) is 4.77. The Morgan fingerprint density at radius 3 is 2.63 bits per heavy atom. The summed E-state index contributed by atoms with van der Waals surface area (Å²) in [5.41, 5.74) is 1.27. The van der Waals surface area contributed by atoms with Crippen LogP contribution in [0.25, 0.3) is 5.78 Å². The van der Waals surface area contributed by atoms with Gasteiger partial charge in [0.1, 0.15) is 5.82 Å². The fraction of sp³-hybridized carbons (Fsp3) is 0.0952. The lowest BCUT2D eigenvalue weighted by Crippen LogP contribution is -2.05. The molecule has 0 bridgehead atoms. The molecule has 2 aromatic heterocycles. The number of sulfone groups is 1. The van der Waals surface area contributed by atoms with E-state index in [1.54, 1.807) is 35.1 Å². The lowest BCUT2D eigenvalue weighted by atomic mass is 10.0. The predicted molar refractivity (Wildman–Crippen MR) is 109 cm³/mol. The third-order valence-electron chi connectivity index (χ3n) is 4.62. The highest BCUT2D eigenvalue weighted by Gasteiger charge is 2.21. The van der Waals surface area contributed by atoms with Crippen LogP contribution in [0.5, 0.6) is 0 Å². The van der Waals surface area contributed by atoms with Crippen LogP contribution in [0.2, 0.25) is 5.02 Å². The Labute approximate surface area is 176 Å². The lowest BCUT2D eigenvalue weighted by molar-refractivity contribution is 0.0982. The molecule has 6 nitrogen and oxygen atoms in total. The van der Waals surface area contributed by atoms with E-state index in [-0.39, 0.29) is 27.0 Å². The second kappa shape index (κ2) is 7.97. The summed E-state index contributed by atoms with van der Waals surface area (Å²) in [5, 5.41) is -0.0467. The van der Waals surface area contributed by atoms with E-state index in [0.717, 1.165) is 17.7 Å². The van der Waals surface area contributed by atoms with Crippen LogP contribution in [0, 0.1) is 5.82 Å². The third kappa shape index (κ3) is 3.96. The van der Waals surface area contributed by atoms with E-state index in [2.05, 4.69) is 9.97 Å². The average molecular weight is 444 g/mol. The predicted octanol–water partition coefficient (Wildman–Crippen LogP) is 4.17. The van der Waals surface area contributed by atoms with Gasteiger partial charge in [0.25, 0.3) is 0 Å². The Kier molecular flexibility index (Phi) is 5.36. The van der Waals surface area contributed by atoms with Crippen molar-refractivity contribution in [3.8, 4) is 0 Å². The minimum atomic E-state index is -3.95. The molecule has 4 rings (SSSR count). The molecule has 0 aliphatic rings. The van der Waals surface area contributed by atoms with Gasteiger partial charge in [0.2, 0.25) is 15.6 Å². The van der Waals surface area contributed by atoms with Crippen LogP contribution in [-0.2, 0) is 16.3 Å². The first kappa shape index (κ1) is 20.2. The smallest absolute Gasteiger partial charge is 0.233 e. The largest absolute Gasteiger partial charge is 0.294 e. The number of fused-ring (bicyclic) bond motifs is 1. The Morgan fingerprint density at radius 1 is 1.10 bits per heavy atom. The summed E-state index contributed by atoms with van der Waals surface area (Å²) in [6.07, 6.45) is 7.15. The van der Waals surface area contributed by atoms with E-state index >= 15 is 0 Å². The van der Waals surface area contributed by atoms with Gasteiger partial charge in [0.15, 0.2) is 5.78 Å². The van der Waals surface area contributed by atoms with E-state index < -0.39 is 15.7 Å². The maximum absolute atomic E-state index is 13.5. The van der Waals surface area contributed by atoms with E-state index in [0.29, 0.717) is 17.8 Å². The van der Waals surface area contributed by atoms with E-state index in [1.165, 1.54) is 24.4 Å². The zero-order valence-electron chi connectivity index (χ0n) is 15.5. The summed E-state index contributed by atoms with van der Waals surface area (Å²) in [6.45, 7) is 0. The number of nitrogens with zero attached hydrogens (tertiary/aromatic N) is 3. The molecule has 4 aromatic rings. The van der Waals surface area contributed by atoms with Crippen LogP contribution < -0.4 is 0 Å². The number of hydrogen-bond donors (Lipinski definition) is 0. The van der Waals surface area contributed by atoms with Crippen molar-refractivity contribution < 1.29 is 17.6 Å². The number of ketones is 1. The van der Waals surface area contributed by atoms with Gasteiger partial charge in [0, 0.05) is 31.2 Å². The number of rotatable bonds is 6. The van der Waals surface area contributed by atoms with Crippen LogP contribution in [-0.4, -0.2) is 28.6 Å². The lowest BCUT2D eigenvalue weighted by Gasteiger charge is -2.08. The topological polar surface area (TPSA) is 81.4 Å². The molecule has 0 unspecified atom stereocenters. The average Bonchev–Trinajstić information content (AvgIpc) is 3.22. The summed E-state index contributed by atoms with van der Waals surface area (Å²) in [4.78, 5) is 20.3. The number of benzene rings is 2. The molecule has 152 valence electrons. The van der Waals surface area contributed by atoms with Gasteiger partial charge in [-0.15, -0.1) is 0 Å². The van der Waals surface area contributed by atoms with Gasteiger partial charge in [0.05, 0.1) is 20.4 Å². The first-order chi connectivity index (χ1) is 14.3. The highest BCUT2D eigenvalue weighted by atomic mass is 35.5. The fourth-order valence-electron chi connectivity index (χ4n) is 3.01. The van der Waals surface area contributed by atoms with Crippen LogP contribution >= 0.6 is 11.6 Å². The van der Waals surface area contributed by atoms with Crippen LogP contribution in [0.15, 0.2) is 77.0 Å². The monoisotopic (exact) mass is 443 g/mol. The second-order valence-corrected chi connectivity index (χ2v) is 8.95. The molecule has 9 heteroatoms. The van der Waals surface area contributed by atoms with Gasteiger partial charge in [-0.25, -0.2) is 22.8 Å². The number of Topliss-reactive ketones (excluding diaryl/α,β-unsaturated/α-hetero) is 1. The van der Waals surface area contributed by atoms with Gasteiger partial charge in [-0.2, -0.15) is 0 Å². The summed E-state index contributed by atoms with van der Waals surface area (Å²) >= 11 is 5.94. The zero-order chi connectivity index (χ0) is 21.3. The van der Waals surface area contributed by atoms with Gasteiger partial charge in [-0.05, 0) is 42.3 Å². The third-order valence-corrected chi connectivity index (χ3v) is 6.88. The van der Waals surface area contributed by atoms with Gasteiger partial charge >= 0.3 is 0 Å².